The normalized spacial score (nSPS) is 12.6. The van der Waals surface area contributed by atoms with Crippen LogP contribution in [0.15, 0.2) is 46.2 Å². The summed E-state index contributed by atoms with van der Waals surface area (Å²) in [6.07, 6.45) is 4.68. The molecule has 0 aromatic carbocycles. The van der Waals surface area contributed by atoms with Crippen molar-refractivity contribution >= 4 is 11.8 Å². The van der Waals surface area contributed by atoms with Crippen LogP contribution in [0.3, 0.4) is 0 Å². The van der Waals surface area contributed by atoms with E-state index in [1.165, 1.54) is 5.56 Å². The summed E-state index contributed by atoms with van der Waals surface area (Å²) in [4.78, 5) is 6.34. The molecular weight excluding hydrogens is 358 g/mol. The van der Waals surface area contributed by atoms with E-state index < -0.39 is 0 Å². The SMILES string of the molecule is Cc1ccc([C@@H](C)CCN(C)Cc2nnc(SCc3ccncc3)n2C)o1. The van der Waals surface area contributed by atoms with Crippen molar-refractivity contribution in [2.24, 2.45) is 7.05 Å². The minimum absolute atomic E-state index is 0.409. The Morgan fingerprint density at radius 2 is 1.96 bits per heavy atom. The molecule has 0 aliphatic heterocycles. The molecule has 0 aliphatic carbocycles. The fourth-order valence-corrected chi connectivity index (χ4v) is 3.72. The maximum atomic E-state index is 5.73. The van der Waals surface area contributed by atoms with Crippen LogP contribution in [0, 0.1) is 6.92 Å². The van der Waals surface area contributed by atoms with Crippen LogP contribution in [0.5, 0.6) is 0 Å². The molecule has 0 N–H and O–H groups in total. The summed E-state index contributed by atoms with van der Waals surface area (Å²) in [7, 11) is 4.16. The maximum Gasteiger partial charge on any atom is 0.191 e. The van der Waals surface area contributed by atoms with Gasteiger partial charge in [-0.05, 0) is 56.8 Å². The van der Waals surface area contributed by atoms with Gasteiger partial charge in [0.05, 0.1) is 6.54 Å². The number of rotatable bonds is 9. The quantitative estimate of drug-likeness (QED) is 0.518. The summed E-state index contributed by atoms with van der Waals surface area (Å²) >= 11 is 1.70. The number of aryl methyl sites for hydroxylation is 1. The summed E-state index contributed by atoms with van der Waals surface area (Å²) in [6.45, 7) is 5.96. The lowest BCUT2D eigenvalue weighted by molar-refractivity contribution is 0.294. The second kappa shape index (κ2) is 9.19. The molecule has 0 saturated carbocycles. The van der Waals surface area contributed by atoms with Crippen LogP contribution in [-0.2, 0) is 19.3 Å². The van der Waals surface area contributed by atoms with E-state index in [4.69, 9.17) is 4.42 Å². The summed E-state index contributed by atoms with van der Waals surface area (Å²) < 4.78 is 7.82. The molecule has 6 nitrogen and oxygen atoms in total. The zero-order valence-corrected chi connectivity index (χ0v) is 17.2. The molecule has 0 saturated heterocycles. The number of aromatic nitrogens is 4. The third kappa shape index (κ3) is 5.43. The summed E-state index contributed by atoms with van der Waals surface area (Å²) in [5.41, 5.74) is 1.24. The number of hydrogen-bond donors (Lipinski definition) is 0. The molecule has 7 heteroatoms. The molecule has 3 aromatic rings. The highest BCUT2D eigenvalue weighted by Gasteiger charge is 2.14. The standard InChI is InChI=1S/C20H27N5OS/c1-15(18-6-5-16(2)26-18)9-12-24(3)13-19-22-23-20(25(19)4)27-14-17-7-10-21-11-8-17/h5-8,10-11,15H,9,12-14H2,1-4H3/t15-/m0/s1. The van der Waals surface area contributed by atoms with Gasteiger partial charge in [-0.1, -0.05) is 18.7 Å². The monoisotopic (exact) mass is 385 g/mol. The second-order valence-corrected chi connectivity index (χ2v) is 7.92. The van der Waals surface area contributed by atoms with E-state index in [0.717, 1.165) is 47.8 Å². The van der Waals surface area contributed by atoms with Crippen molar-refractivity contribution in [3.8, 4) is 0 Å². The van der Waals surface area contributed by atoms with Gasteiger partial charge in [0.2, 0.25) is 0 Å². The molecule has 0 bridgehead atoms. The Hall–Kier alpha value is -2.12. The molecule has 27 heavy (non-hydrogen) atoms. The van der Waals surface area contributed by atoms with Crippen molar-refractivity contribution < 1.29 is 4.42 Å². The van der Waals surface area contributed by atoms with Crippen molar-refractivity contribution in [2.75, 3.05) is 13.6 Å². The fourth-order valence-electron chi connectivity index (χ4n) is 2.83. The van der Waals surface area contributed by atoms with Gasteiger partial charge < -0.3 is 8.98 Å². The van der Waals surface area contributed by atoms with Crippen LogP contribution in [0.25, 0.3) is 0 Å². The van der Waals surface area contributed by atoms with E-state index in [-0.39, 0.29) is 0 Å². The van der Waals surface area contributed by atoms with Crippen molar-refractivity contribution in [3.05, 3.63) is 59.6 Å². The molecule has 3 aromatic heterocycles. The van der Waals surface area contributed by atoms with E-state index in [1.54, 1.807) is 11.8 Å². The first-order valence-corrected chi connectivity index (χ1v) is 10.2. The lowest BCUT2D eigenvalue weighted by Gasteiger charge is -2.18. The van der Waals surface area contributed by atoms with E-state index in [0.29, 0.717) is 5.92 Å². The van der Waals surface area contributed by atoms with E-state index in [2.05, 4.69) is 44.7 Å². The molecule has 0 unspecified atom stereocenters. The van der Waals surface area contributed by atoms with Gasteiger partial charge in [-0.3, -0.25) is 9.88 Å². The zero-order valence-electron chi connectivity index (χ0n) is 16.4. The smallest absolute Gasteiger partial charge is 0.191 e. The maximum absolute atomic E-state index is 5.73. The van der Waals surface area contributed by atoms with Crippen LogP contribution >= 0.6 is 11.8 Å². The highest BCUT2D eigenvalue weighted by Crippen LogP contribution is 2.23. The molecule has 0 aliphatic rings. The van der Waals surface area contributed by atoms with Gasteiger partial charge in [0.1, 0.15) is 17.3 Å². The van der Waals surface area contributed by atoms with Crippen LogP contribution in [0.2, 0.25) is 0 Å². The predicted octanol–water partition coefficient (Wildman–Crippen LogP) is 4.03. The summed E-state index contributed by atoms with van der Waals surface area (Å²) in [5, 5.41) is 9.66. The molecule has 3 rings (SSSR count). The van der Waals surface area contributed by atoms with Gasteiger partial charge >= 0.3 is 0 Å². The fraction of sp³-hybridized carbons (Fsp3) is 0.450. The molecule has 144 valence electrons. The Bertz CT molecular complexity index is 845. The average Bonchev–Trinajstić information content (AvgIpc) is 3.25. The Morgan fingerprint density at radius 1 is 1.19 bits per heavy atom. The van der Waals surface area contributed by atoms with Crippen LogP contribution < -0.4 is 0 Å². The topological polar surface area (TPSA) is 60.0 Å². The van der Waals surface area contributed by atoms with Crippen molar-refractivity contribution in [2.45, 2.75) is 43.6 Å². The molecular formula is C20H27N5OS. The molecule has 1 atom stereocenters. The van der Waals surface area contributed by atoms with Crippen LogP contribution in [0.1, 0.15) is 42.2 Å². The largest absolute Gasteiger partial charge is 0.466 e. The minimum Gasteiger partial charge on any atom is -0.466 e. The Kier molecular flexibility index (Phi) is 6.68. The Balaban J connectivity index is 1.49. The van der Waals surface area contributed by atoms with Gasteiger partial charge in [-0.15, -0.1) is 10.2 Å². The van der Waals surface area contributed by atoms with E-state index in [1.807, 2.05) is 44.6 Å². The van der Waals surface area contributed by atoms with Crippen LogP contribution in [-0.4, -0.2) is 38.2 Å². The van der Waals surface area contributed by atoms with Crippen molar-refractivity contribution in [3.63, 3.8) is 0 Å². The van der Waals surface area contributed by atoms with Gasteiger partial charge in [0.15, 0.2) is 5.16 Å². The van der Waals surface area contributed by atoms with Gasteiger partial charge in [0.25, 0.3) is 0 Å². The third-order valence-corrected chi connectivity index (χ3v) is 5.74. The molecule has 0 radical (unpaired) electrons. The van der Waals surface area contributed by atoms with Crippen molar-refractivity contribution in [1.29, 1.82) is 0 Å². The predicted molar refractivity (Wildman–Crippen MR) is 108 cm³/mol. The first kappa shape index (κ1) is 19.6. The Morgan fingerprint density at radius 3 is 2.67 bits per heavy atom. The van der Waals surface area contributed by atoms with Gasteiger partial charge in [0, 0.05) is 31.1 Å². The average molecular weight is 386 g/mol. The number of hydrogen-bond acceptors (Lipinski definition) is 6. The zero-order chi connectivity index (χ0) is 19.2. The van der Waals surface area contributed by atoms with Gasteiger partial charge in [-0.2, -0.15) is 0 Å². The Labute approximate surface area is 165 Å². The first-order valence-electron chi connectivity index (χ1n) is 9.17. The molecule has 0 spiro atoms. The van der Waals surface area contributed by atoms with Gasteiger partial charge in [-0.25, -0.2) is 0 Å². The van der Waals surface area contributed by atoms with Crippen LogP contribution in [0.4, 0.5) is 0 Å². The molecule has 3 heterocycles. The number of pyridine rings is 1. The van der Waals surface area contributed by atoms with E-state index in [9.17, 15) is 0 Å². The highest BCUT2D eigenvalue weighted by atomic mass is 32.2. The summed E-state index contributed by atoms with van der Waals surface area (Å²) in [6, 6.07) is 8.16. The number of nitrogens with zero attached hydrogens (tertiary/aromatic N) is 5. The number of thioether (sulfide) groups is 1. The minimum atomic E-state index is 0.409. The second-order valence-electron chi connectivity index (χ2n) is 6.98. The van der Waals surface area contributed by atoms with E-state index >= 15 is 0 Å². The first-order chi connectivity index (χ1) is 13.0. The molecule has 0 fully saturated rings. The third-order valence-electron chi connectivity index (χ3n) is 4.64. The lowest BCUT2D eigenvalue weighted by atomic mass is 10.1. The highest BCUT2D eigenvalue weighted by molar-refractivity contribution is 7.98. The summed E-state index contributed by atoms with van der Waals surface area (Å²) in [5.74, 6) is 4.29. The molecule has 0 amide bonds. The van der Waals surface area contributed by atoms with Crippen molar-refractivity contribution in [1.82, 2.24) is 24.6 Å². The number of furan rings is 1. The lowest BCUT2D eigenvalue weighted by Crippen LogP contribution is -2.22.